The zero-order valence-electron chi connectivity index (χ0n) is 27.9. The first-order valence-electron chi connectivity index (χ1n) is 17.3. The molecular weight excluding hydrogens is 623 g/mol. The number of fused-ring (bicyclic) bond motifs is 7. The monoisotopic (exact) mass is 665 g/mol. The van der Waals surface area contributed by atoms with Crippen molar-refractivity contribution in [3.8, 4) is 33.9 Å². The van der Waals surface area contributed by atoms with Gasteiger partial charge in [-0.3, -0.25) is 0 Å². The molecule has 0 amide bonds. The zero-order chi connectivity index (χ0) is 32.9. The van der Waals surface area contributed by atoms with Gasteiger partial charge in [0.05, 0.1) is 0 Å². The topological polar surface area (TPSA) is 51.8 Å². The van der Waals surface area contributed by atoms with Crippen LogP contribution in [0.15, 0.2) is 125 Å². The lowest BCUT2D eigenvalue weighted by Gasteiger charge is -2.22. The molecule has 0 bridgehead atoms. The molecule has 4 aliphatic carbocycles. The molecule has 51 heavy (non-hydrogen) atoms. The zero-order valence-corrected chi connectivity index (χ0v) is 27.9. The third kappa shape index (κ3) is 5.16. The standard InChI is InChI=1S/C45H35N3O.2CH4/c1-26-22-36-39(21-20-32(26)29-18-19-34-33-12-7-8-14-37(33)45(2,3)38(34)25-29)49-40-15-9-13-35(41(36)40)44-47-42(27-10-5-4-6-11-27)46-43(48-44)30-17-16-28-23-31(28)24-30;;/h4-21,24-25,28,31H,22-23H2,1-3H3;2*1H4. The number of rotatable bonds is 4. The number of nitrogens with zero attached hydrogens (tertiary/aromatic N) is 3. The molecule has 4 aliphatic rings. The van der Waals surface area contributed by atoms with E-state index in [4.69, 9.17) is 19.4 Å². The predicted molar refractivity (Wildman–Crippen MR) is 212 cm³/mol. The van der Waals surface area contributed by atoms with Crippen molar-refractivity contribution in [2.45, 2.75) is 53.9 Å². The summed E-state index contributed by atoms with van der Waals surface area (Å²) in [5.41, 5.74) is 14.2. The third-order valence-electron chi connectivity index (χ3n) is 11.0. The second-order valence-electron chi connectivity index (χ2n) is 14.5. The van der Waals surface area contributed by atoms with Gasteiger partial charge in [0, 0.05) is 33.1 Å². The van der Waals surface area contributed by atoms with Crippen molar-refractivity contribution in [3.05, 3.63) is 155 Å². The van der Waals surface area contributed by atoms with Crippen molar-refractivity contribution in [3.63, 3.8) is 0 Å². The summed E-state index contributed by atoms with van der Waals surface area (Å²) in [6.45, 7) is 6.94. The van der Waals surface area contributed by atoms with Gasteiger partial charge in [0.15, 0.2) is 17.5 Å². The van der Waals surface area contributed by atoms with E-state index in [1.165, 1.54) is 50.9 Å². The maximum absolute atomic E-state index is 6.59. The van der Waals surface area contributed by atoms with Crippen LogP contribution in [0.5, 0.6) is 0 Å². The van der Waals surface area contributed by atoms with Crippen LogP contribution in [0.3, 0.4) is 0 Å². The van der Waals surface area contributed by atoms with E-state index in [-0.39, 0.29) is 20.3 Å². The fourth-order valence-electron chi connectivity index (χ4n) is 8.26. The quantitative estimate of drug-likeness (QED) is 0.188. The first-order valence-corrected chi connectivity index (χ1v) is 17.3. The Balaban J connectivity index is 0.00000187. The summed E-state index contributed by atoms with van der Waals surface area (Å²) >= 11 is 0. The summed E-state index contributed by atoms with van der Waals surface area (Å²) in [7, 11) is 0. The third-order valence-corrected chi connectivity index (χ3v) is 11.0. The van der Waals surface area contributed by atoms with Gasteiger partial charge in [-0.05, 0) is 83.2 Å². The van der Waals surface area contributed by atoms with Gasteiger partial charge in [-0.25, -0.2) is 15.0 Å². The number of furan rings is 1. The second kappa shape index (κ2) is 12.0. The maximum Gasteiger partial charge on any atom is 0.164 e. The highest BCUT2D eigenvalue weighted by Gasteiger charge is 2.37. The van der Waals surface area contributed by atoms with E-state index in [0.29, 0.717) is 23.5 Å². The first kappa shape index (κ1) is 32.6. The van der Waals surface area contributed by atoms with Crippen LogP contribution < -0.4 is 0 Å². The molecule has 4 heteroatoms. The van der Waals surface area contributed by atoms with Crippen LogP contribution in [0, 0.1) is 11.8 Å². The Morgan fingerprint density at radius 2 is 1.41 bits per heavy atom. The molecule has 0 radical (unpaired) electrons. The highest BCUT2D eigenvalue weighted by Crippen LogP contribution is 2.50. The minimum absolute atomic E-state index is 0. The van der Waals surface area contributed by atoms with Gasteiger partial charge in [-0.1, -0.05) is 137 Å². The SMILES string of the molecule is C.C.CC1=C(c2ccc3c(c2)C(C)(C)c2ccccc2-3)C=Cc2oc3cccc(-c4nc(C5=CC6CC6C=C5)nc(-c5ccccc5)n4)c3c2C1. The summed E-state index contributed by atoms with van der Waals surface area (Å²) in [6, 6.07) is 32.3. The molecule has 1 saturated carbocycles. The highest BCUT2D eigenvalue weighted by molar-refractivity contribution is 5.99. The molecule has 4 nitrogen and oxygen atoms in total. The molecule has 4 aromatic carbocycles. The van der Waals surface area contributed by atoms with E-state index < -0.39 is 0 Å². The fraction of sp³-hybridized carbons (Fsp3) is 0.213. The molecule has 0 saturated heterocycles. The summed E-state index contributed by atoms with van der Waals surface area (Å²) in [5, 5.41) is 1.07. The lowest BCUT2D eigenvalue weighted by atomic mass is 9.81. The molecule has 0 N–H and O–H groups in total. The molecule has 2 unspecified atom stereocenters. The lowest BCUT2D eigenvalue weighted by molar-refractivity contribution is 0.600. The Morgan fingerprint density at radius 1 is 0.667 bits per heavy atom. The highest BCUT2D eigenvalue weighted by atomic mass is 16.3. The minimum atomic E-state index is -0.0480. The fourth-order valence-corrected chi connectivity index (χ4v) is 8.26. The normalized spacial score (nSPS) is 18.8. The van der Waals surface area contributed by atoms with Crippen molar-refractivity contribution >= 4 is 28.2 Å². The van der Waals surface area contributed by atoms with Crippen LogP contribution in [0.4, 0.5) is 0 Å². The van der Waals surface area contributed by atoms with Gasteiger partial charge >= 0.3 is 0 Å². The van der Waals surface area contributed by atoms with E-state index in [1.54, 1.807) is 0 Å². The van der Waals surface area contributed by atoms with Gasteiger partial charge in [0.25, 0.3) is 0 Å². The number of aromatic nitrogens is 3. The van der Waals surface area contributed by atoms with Crippen LogP contribution in [-0.4, -0.2) is 15.0 Å². The van der Waals surface area contributed by atoms with Crippen molar-refractivity contribution in [2.75, 3.05) is 0 Å². The Kier molecular flexibility index (Phi) is 7.68. The number of hydrogen-bond donors (Lipinski definition) is 0. The maximum atomic E-state index is 6.59. The van der Waals surface area contributed by atoms with Gasteiger partial charge in [0.2, 0.25) is 0 Å². The molecule has 2 atom stereocenters. The summed E-state index contributed by atoms with van der Waals surface area (Å²) in [4.78, 5) is 15.2. The number of benzene rings is 4. The molecule has 0 spiro atoms. The van der Waals surface area contributed by atoms with E-state index in [1.807, 2.05) is 24.3 Å². The largest absolute Gasteiger partial charge is 0.456 e. The van der Waals surface area contributed by atoms with Crippen LogP contribution in [0.1, 0.15) is 75.9 Å². The summed E-state index contributed by atoms with van der Waals surface area (Å²) < 4.78 is 6.59. The van der Waals surface area contributed by atoms with Crippen LogP contribution >= 0.6 is 0 Å². The van der Waals surface area contributed by atoms with Gasteiger partial charge < -0.3 is 4.42 Å². The van der Waals surface area contributed by atoms with Crippen molar-refractivity contribution in [2.24, 2.45) is 11.8 Å². The Bertz CT molecular complexity index is 2490. The molecule has 2 heterocycles. The minimum Gasteiger partial charge on any atom is -0.456 e. The van der Waals surface area contributed by atoms with Crippen molar-refractivity contribution < 1.29 is 4.42 Å². The van der Waals surface area contributed by atoms with Crippen LogP contribution in [0.25, 0.3) is 62.1 Å². The Hall–Kier alpha value is -5.61. The van der Waals surface area contributed by atoms with E-state index in [0.717, 1.165) is 45.7 Å². The van der Waals surface area contributed by atoms with Gasteiger partial charge in [0.1, 0.15) is 11.3 Å². The van der Waals surface area contributed by atoms with E-state index >= 15 is 0 Å². The predicted octanol–water partition coefficient (Wildman–Crippen LogP) is 12.2. The molecule has 252 valence electrons. The number of hydrogen-bond acceptors (Lipinski definition) is 4. The van der Waals surface area contributed by atoms with E-state index in [9.17, 15) is 0 Å². The molecular formula is C47H43N3O. The molecule has 10 rings (SSSR count). The van der Waals surface area contributed by atoms with Crippen molar-refractivity contribution in [1.29, 1.82) is 0 Å². The lowest BCUT2D eigenvalue weighted by Crippen LogP contribution is -2.15. The van der Waals surface area contributed by atoms with Crippen LogP contribution in [-0.2, 0) is 11.8 Å². The Morgan fingerprint density at radius 3 is 2.25 bits per heavy atom. The molecule has 1 fully saturated rings. The van der Waals surface area contributed by atoms with Crippen LogP contribution in [0.2, 0.25) is 0 Å². The summed E-state index contributed by atoms with van der Waals surface area (Å²) in [6.07, 6.45) is 13.2. The van der Waals surface area contributed by atoms with Gasteiger partial charge in [-0.15, -0.1) is 0 Å². The molecule has 2 aromatic heterocycles. The smallest absolute Gasteiger partial charge is 0.164 e. The Labute approximate surface area is 301 Å². The number of allylic oxidation sites excluding steroid dienone is 7. The molecule has 6 aromatic rings. The average Bonchev–Trinajstić information content (AvgIpc) is 3.82. The molecule has 0 aliphatic heterocycles. The van der Waals surface area contributed by atoms with E-state index in [2.05, 4.69) is 118 Å². The second-order valence-corrected chi connectivity index (χ2v) is 14.5. The summed E-state index contributed by atoms with van der Waals surface area (Å²) in [5.74, 6) is 4.22. The first-order chi connectivity index (χ1) is 23.9. The van der Waals surface area contributed by atoms with Crippen molar-refractivity contribution in [1.82, 2.24) is 15.0 Å². The van der Waals surface area contributed by atoms with Gasteiger partial charge in [-0.2, -0.15) is 0 Å². The average molecular weight is 666 g/mol.